The Balaban J connectivity index is 1.55. The molecule has 0 aliphatic carbocycles. The van der Waals surface area contributed by atoms with Gasteiger partial charge in [-0.25, -0.2) is 4.98 Å². The number of rotatable bonds is 7. The molecule has 2 atom stereocenters. The quantitative estimate of drug-likeness (QED) is 0.306. The van der Waals surface area contributed by atoms with E-state index < -0.39 is 18.0 Å². The van der Waals surface area contributed by atoms with E-state index in [2.05, 4.69) is 11.1 Å². The Bertz CT molecular complexity index is 1300. The summed E-state index contributed by atoms with van der Waals surface area (Å²) in [4.78, 5) is 17.6. The number of benzene rings is 3. The van der Waals surface area contributed by atoms with Crippen LogP contribution in [0.1, 0.15) is 37.1 Å². The Labute approximate surface area is 193 Å². The van der Waals surface area contributed by atoms with Gasteiger partial charge in [0.1, 0.15) is 11.8 Å². The fourth-order valence-corrected chi connectivity index (χ4v) is 3.78. The van der Waals surface area contributed by atoms with Crippen LogP contribution in [0.3, 0.4) is 0 Å². The number of carbonyl (C=O) groups excluding carboxylic acids is 1. The van der Waals surface area contributed by atoms with Crippen LogP contribution in [0.4, 0.5) is 0 Å². The van der Waals surface area contributed by atoms with Crippen molar-refractivity contribution >= 4 is 16.7 Å². The van der Waals surface area contributed by atoms with Crippen LogP contribution in [0.15, 0.2) is 91.0 Å². The van der Waals surface area contributed by atoms with Crippen LogP contribution in [-0.4, -0.2) is 11.0 Å². The van der Waals surface area contributed by atoms with E-state index >= 15 is 0 Å². The molecule has 1 aromatic heterocycles. The number of esters is 1. The zero-order valence-electron chi connectivity index (χ0n) is 18.5. The summed E-state index contributed by atoms with van der Waals surface area (Å²) in [6, 6.07) is 30.3. The van der Waals surface area contributed by atoms with Crippen LogP contribution in [0.2, 0.25) is 0 Å². The maximum absolute atomic E-state index is 13.2. The van der Waals surface area contributed by atoms with Crippen molar-refractivity contribution in [1.82, 2.24) is 4.98 Å². The molecule has 4 rings (SSSR count). The summed E-state index contributed by atoms with van der Waals surface area (Å²) in [7, 11) is 0. The second-order valence-electron chi connectivity index (χ2n) is 8.09. The van der Waals surface area contributed by atoms with Crippen LogP contribution in [0.5, 0.6) is 11.6 Å². The predicted molar refractivity (Wildman–Crippen MR) is 127 cm³/mol. The average molecular weight is 437 g/mol. The molecule has 0 spiro atoms. The minimum atomic E-state index is -1.14. The first-order valence-corrected chi connectivity index (χ1v) is 10.8. The SMILES string of the molecule is CC(C)C(C(=O)OC(C#N)c1cccc(Oc2ccccc2)n1)c1ccc2ccccc2c1. The van der Waals surface area contributed by atoms with Gasteiger partial charge in [-0.1, -0.05) is 80.6 Å². The number of nitrogens with zero attached hydrogens (tertiary/aromatic N) is 2. The zero-order chi connectivity index (χ0) is 23.2. The summed E-state index contributed by atoms with van der Waals surface area (Å²) in [5.41, 5.74) is 1.18. The molecular weight excluding hydrogens is 412 g/mol. The van der Waals surface area contributed by atoms with Gasteiger partial charge in [0.2, 0.25) is 12.0 Å². The lowest BCUT2D eigenvalue weighted by Gasteiger charge is -2.22. The van der Waals surface area contributed by atoms with Gasteiger partial charge in [-0.15, -0.1) is 0 Å². The van der Waals surface area contributed by atoms with Crippen LogP contribution >= 0.6 is 0 Å². The van der Waals surface area contributed by atoms with Crippen molar-refractivity contribution < 1.29 is 14.3 Å². The molecule has 3 aromatic carbocycles. The number of hydrogen-bond donors (Lipinski definition) is 0. The highest BCUT2D eigenvalue weighted by Gasteiger charge is 2.29. The standard InChI is InChI=1S/C28H24N2O3/c1-19(2)27(22-16-15-20-9-6-7-10-21(20)17-22)28(31)33-25(18-29)24-13-8-14-26(30-24)32-23-11-4-3-5-12-23/h3-17,19,25,27H,1-2H3. The minimum Gasteiger partial charge on any atom is -0.440 e. The lowest BCUT2D eigenvalue weighted by molar-refractivity contribution is -0.150. The minimum absolute atomic E-state index is 0.0151. The molecule has 164 valence electrons. The van der Waals surface area contributed by atoms with Gasteiger partial charge in [0, 0.05) is 6.07 Å². The number of para-hydroxylation sites is 1. The molecular formula is C28H24N2O3. The van der Waals surface area contributed by atoms with Crippen molar-refractivity contribution in [2.75, 3.05) is 0 Å². The Morgan fingerprint density at radius 3 is 2.33 bits per heavy atom. The second-order valence-corrected chi connectivity index (χ2v) is 8.09. The van der Waals surface area contributed by atoms with Crippen molar-refractivity contribution in [3.63, 3.8) is 0 Å². The molecule has 5 nitrogen and oxygen atoms in total. The van der Waals surface area contributed by atoms with Gasteiger partial charge in [0.25, 0.3) is 0 Å². The molecule has 0 radical (unpaired) electrons. The molecule has 4 aromatic rings. The largest absolute Gasteiger partial charge is 0.440 e. The maximum Gasteiger partial charge on any atom is 0.315 e. The Kier molecular flexibility index (Phi) is 6.66. The van der Waals surface area contributed by atoms with E-state index in [9.17, 15) is 10.1 Å². The second kappa shape index (κ2) is 9.97. The third kappa shape index (κ3) is 5.19. The first-order chi connectivity index (χ1) is 16.0. The number of nitriles is 1. The molecule has 0 aliphatic rings. The summed E-state index contributed by atoms with van der Waals surface area (Å²) in [6.45, 7) is 3.93. The number of ether oxygens (including phenoxy) is 2. The molecule has 0 fully saturated rings. The van der Waals surface area contributed by atoms with Crippen LogP contribution < -0.4 is 4.74 Å². The molecule has 0 saturated heterocycles. The van der Waals surface area contributed by atoms with Gasteiger partial charge >= 0.3 is 5.97 Å². The van der Waals surface area contributed by atoms with Gasteiger partial charge in [-0.05, 0) is 40.5 Å². The smallest absolute Gasteiger partial charge is 0.315 e. The van der Waals surface area contributed by atoms with Crippen molar-refractivity contribution in [1.29, 1.82) is 5.26 Å². The summed E-state index contributed by atoms with van der Waals surface area (Å²) in [5, 5.41) is 11.9. The van der Waals surface area contributed by atoms with E-state index in [1.807, 2.05) is 86.6 Å². The van der Waals surface area contributed by atoms with Gasteiger partial charge in [0.05, 0.1) is 11.6 Å². The Morgan fingerprint density at radius 2 is 1.61 bits per heavy atom. The topological polar surface area (TPSA) is 72.2 Å². The highest BCUT2D eigenvalue weighted by atomic mass is 16.5. The number of aromatic nitrogens is 1. The Morgan fingerprint density at radius 1 is 0.879 bits per heavy atom. The molecule has 2 unspecified atom stereocenters. The molecule has 5 heteroatoms. The van der Waals surface area contributed by atoms with Crippen LogP contribution in [0.25, 0.3) is 10.8 Å². The molecule has 0 saturated carbocycles. The molecule has 1 heterocycles. The lowest BCUT2D eigenvalue weighted by atomic mass is 9.87. The zero-order valence-corrected chi connectivity index (χ0v) is 18.5. The normalized spacial score (nSPS) is 12.7. The van der Waals surface area contributed by atoms with Crippen LogP contribution in [-0.2, 0) is 9.53 Å². The Hall–Kier alpha value is -4.17. The van der Waals surface area contributed by atoms with Gasteiger partial charge in [-0.3, -0.25) is 4.79 Å². The average Bonchev–Trinajstić information content (AvgIpc) is 2.83. The van der Waals surface area contributed by atoms with Gasteiger partial charge in [0.15, 0.2) is 0 Å². The first kappa shape index (κ1) is 22.0. The lowest BCUT2D eigenvalue weighted by Crippen LogP contribution is -2.23. The third-order valence-corrected chi connectivity index (χ3v) is 5.38. The highest BCUT2D eigenvalue weighted by molar-refractivity contribution is 5.86. The molecule has 0 aliphatic heterocycles. The van der Waals surface area contributed by atoms with E-state index in [-0.39, 0.29) is 5.92 Å². The van der Waals surface area contributed by atoms with Crippen molar-refractivity contribution in [3.8, 4) is 17.7 Å². The predicted octanol–water partition coefficient (Wildman–Crippen LogP) is 6.57. The summed E-state index contributed by atoms with van der Waals surface area (Å²) >= 11 is 0. The molecule has 0 N–H and O–H groups in total. The molecule has 0 amide bonds. The molecule has 0 bridgehead atoms. The number of pyridine rings is 1. The fraction of sp³-hybridized carbons (Fsp3) is 0.179. The number of fused-ring (bicyclic) bond motifs is 1. The van der Waals surface area contributed by atoms with E-state index in [1.165, 1.54) is 0 Å². The molecule has 33 heavy (non-hydrogen) atoms. The van der Waals surface area contributed by atoms with E-state index in [1.54, 1.807) is 18.2 Å². The van der Waals surface area contributed by atoms with E-state index in [0.717, 1.165) is 16.3 Å². The first-order valence-electron chi connectivity index (χ1n) is 10.8. The fourth-order valence-electron chi connectivity index (χ4n) is 3.78. The maximum atomic E-state index is 13.2. The number of hydrogen-bond acceptors (Lipinski definition) is 5. The summed E-state index contributed by atoms with van der Waals surface area (Å²) < 4.78 is 11.4. The highest BCUT2D eigenvalue weighted by Crippen LogP contribution is 2.31. The number of carbonyl (C=O) groups is 1. The third-order valence-electron chi connectivity index (χ3n) is 5.38. The monoisotopic (exact) mass is 436 g/mol. The van der Waals surface area contributed by atoms with E-state index in [4.69, 9.17) is 9.47 Å². The van der Waals surface area contributed by atoms with Crippen molar-refractivity contribution in [2.45, 2.75) is 25.9 Å². The van der Waals surface area contributed by atoms with Gasteiger partial charge < -0.3 is 9.47 Å². The van der Waals surface area contributed by atoms with Crippen molar-refractivity contribution in [3.05, 3.63) is 102 Å². The van der Waals surface area contributed by atoms with Crippen molar-refractivity contribution in [2.24, 2.45) is 5.92 Å². The van der Waals surface area contributed by atoms with Gasteiger partial charge in [-0.2, -0.15) is 5.26 Å². The summed E-state index contributed by atoms with van der Waals surface area (Å²) in [6.07, 6.45) is -1.14. The van der Waals surface area contributed by atoms with Crippen LogP contribution in [0, 0.1) is 17.2 Å². The summed E-state index contributed by atoms with van der Waals surface area (Å²) in [5.74, 6) is -0.0234. The van der Waals surface area contributed by atoms with E-state index in [0.29, 0.717) is 17.3 Å².